The average Bonchev–Trinajstić information content (AvgIpc) is 2.91. The number of alkyl halides is 3. The highest BCUT2D eigenvalue weighted by Crippen LogP contribution is 2.40. The maximum atomic E-state index is 13.8. The summed E-state index contributed by atoms with van der Waals surface area (Å²) < 4.78 is 40.8. The van der Waals surface area contributed by atoms with E-state index in [-0.39, 0.29) is 49.7 Å². The molecule has 1 aromatic heterocycles. The zero-order chi connectivity index (χ0) is 26.2. The van der Waals surface area contributed by atoms with Crippen molar-refractivity contribution in [3.05, 3.63) is 99.2 Å². The standard InChI is InChI=1S/C29H30F3N3O2/c1-19-33-25-18-34(27(36)22-12-14-23(15-13-22)29(30,31)32)17-16-24(25)28(37)35(19)26(20-8-4-2-5-9-20)21-10-6-3-7-11-21/h2-11,22-23,26H,12-18H2,1H3. The minimum atomic E-state index is -4.20. The largest absolute Gasteiger partial charge is 0.391 e. The SMILES string of the molecule is Cc1nc2c(c(=O)n1C(c1ccccc1)c1ccccc1)CCN(C(=O)C1CCC(C(F)(F)F)CC1)C2. The lowest BCUT2D eigenvalue weighted by Crippen LogP contribution is -2.45. The molecule has 0 spiro atoms. The van der Waals surface area contributed by atoms with E-state index in [0.717, 1.165) is 11.1 Å². The first-order valence-electron chi connectivity index (χ1n) is 12.8. The van der Waals surface area contributed by atoms with Crippen molar-refractivity contribution in [2.45, 2.75) is 57.8 Å². The van der Waals surface area contributed by atoms with Gasteiger partial charge in [-0.3, -0.25) is 14.2 Å². The minimum absolute atomic E-state index is 0.00718. The molecule has 0 N–H and O–H groups in total. The molecule has 2 aliphatic rings. The lowest BCUT2D eigenvalue weighted by molar-refractivity contribution is -0.185. The number of halogens is 3. The minimum Gasteiger partial charge on any atom is -0.336 e. The first-order chi connectivity index (χ1) is 17.7. The Kier molecular flexibility index (Phi) is 6.92. The fourth-order valence-electron chi connectivity index (χ4n) is 5.80. The van der Waals surface area contributed by atoms with Gasteiger partial charge in [-0.2, -0.15) is 13.2 Å². The summed E-state index contributed by atoms with van der Waals surface area (Å²) >= 11 is 0. The fraction of sp³-hybridized carbons (Fsp3) is 0.414. The monoisotopic (exact) mass is 509 g/mol. The molecule has 2 heterocycles. The number of amides is 1. The molecule has 8 heteroatoms. The van der Waals surface area contributed by atoms with Crippen LogP contribution in [0.3, 0.4) is 0 Å². The van der Waals surface area contributed by atoms with E-state index in [1.165, 1.54) is 0 Å². The Labute approximate surface area is 214 Å². The molecule has 5 nitrogen and oxygen atoms in total. The molecule has 3 aromatic rings. The number of hydrogen-bond donors (Lipinski definition) is 0. The molecule has 0 saturated heterocycles. The van der Waals surface area contributed by atoms with Crippen LogP contribution in [-0.2, 0) is 17.8 Å². The van der Waals surface area contributed by atoms with Crippen LogP contribution in [0.4, 0.5) is 13.2 Å². The number of carbonyl (C=O) groups excluding carboxylic acids is 1. The summed E-state index contributed by atoms with van der Waals surface area (Å²) in [5, 5.41) is 0. The zero-order valence-corrected chi connectivity index (χ0v) is 20.7. The highest BCUT2D eigenvalue weighted by Gasteiger charge is 2.43. The number of hydrogen-bond acceptors (Lipinski definition) is 3. The Hall–Kier alpha value is -3.42. The van der Waals surface area contributed by atoms with Gasteiger partial charge < -0.3 is 4.90 Å². The van der Waals surface area contributed by atoms with Crippen LogP contribution in [0, 0.1) is 18.8 Å². The van der Waals surface area contributed by atoms with Gasteiger partial charge in [0, 0.05) is 18.0 Å². The molecule has 1 fully saturated rings. The second-order valence-electron chi connectivity index (χ2n) is 10.1. The molecule has 1 saturated carbocycles. The van der Waals surface area contributed by atoms with Gasteiger partial charge in [-0.1, -0.05) is 60.7 Å². The third-order valence-corrected chi connectivity index (χ3v) is 7.78. The van der Waals surface area contributed by atoms with Crippen molar-refractivity contribution < 1.29 is 18.0 Å². The number of aromatic nitrogens is 2. The maximum absolute atomic E-state index is 13.8. The average molecular weight is 510 g/mol. The van der Waals surface area contributed by atoms with E-state index in [9.17, 15) is 22.8 Å². The van der Waals surface area contributed by atoms with Gasteiger partial charge in [-0.15, -0.1) is 0 Å². The van der Waals surface area contributed by atoms with Crippen molar-refractivity contribution in [3.8, 4) is 0 Å². The van der Waals surface area contributed by atoms with Crippen molar-refractivity contribution in [1.29, 1.82) is 0 Å². The molecule has 5 rings (SSSR count). The molecule has 0 unspecified atom stereocenters. The van der Waals surface area contributed by atoms with Crippen LogP contribution in [0.1, 0.15) is 59.9 Å². The molecule has 194 valence electrons. The molecular formula is C29H30F3N3O2. The van der Waals surface area contributed by atoms with E-state index in [2.05, 4.69) is 0 Å². The molecule has 0 bridgehead atoms. The van der Waals surface area contributed by atoms with E-state index in [4.69, 9.17) is 4.98 Å². The fourth-order valence-corrected chi connectivity index (χ4v) is 5.80. The summed E-state index contributed by atoms with van der Waals surface area (Å²) in [4.78, 5) is 33.5. The van der Waals surface area contributed by atoms with Crippen LogP contribution in [0.15, 0.2) is 65.5 Å². The smallest absolute Gasteiger partial charge is 0.336 e. The summed E-state index contributed by atoms with van der Waals surface area (Å²) in [5.41, 5.74) is 3.03. The first kappa shape index (κ1) is 25.2. The van der Waals surface area contributed by atoms with Crippen molar-refractivity contribution in [1.82, 2.24) is 14.5 Å². The van der Waals surface area contributed by atoms with E-state index in [1.54, 1.807) is 16.4 Å². The number of nitrogens with zero attached hydrogens (tertiary/aromatic N) is 3. The Morgan fingerprint density at radius 3 is 2.05 bits per heavy atom. The van der Waals surface area contributed by atoms with Crippen LogP contribution < -0.4 is 5.56 Å². The summed E-state index contributed by atoms with van der Waals surface area (Å²) in [6.45, 7) is 2.39. The number of benzene rings is 2. The molecule has 1 aliphatic carbocycles. The Balaban J connectivity index is 1.41. The molecule has 1 aliphatic heterocycles. The Bertz CT molecular complexity index is 1270. The summed E-state index contributed by atoms with van der Waals surface area (Å²) in [5.74, 6) is -1.28. The van der Waals surface area contributed by atoms with Gasteiger partial charge in [0.25, 0.3) is 5.56 Å². The molecule has 37 heavy (non-hydrogen) atoms. The number of rotatable bonds is 4. The molecule has 0 radical (unpaired) electrons. The highest BCUT2D eigenvalue weighted by atomic mass is 19.4. The molecule has 1 amide bonds. The number of carbonyl (C=O) groups is 1. The second kappa shape index (κ2) is 10.1. The van der Waals surface area contributed by atoms with Gasteiger partial charge in [0.1, 0.15) is 5.82 Å². The predicted octanol–water partition coefficient (Wildman–Crippen LogP) is 5.44. The van der Waals surface area contributed by atoms with E-state index < -0.39 is 18.0 Å². The van der Waals surface area contributed by atoms with Crippen LogP contribution in [0.25, 0.3) is 0 Å². The van der Waals surface area contributed by atoms with Gasteiger partial charge in [0.05, 0.1) is 24.2 Å². The Morgan fingerprint density at radius 2 is 1.51 bits per heavy atom. The van der Waals surface area contributed by atoms with E-state index in [0.29, 0.717) is 30.0 Å². The lowest BCUT2D eigenvalue weighted by Gasteiger charge is -2.35. The van der Waals surface area contributed by atoms with E-state index in [1.807, 2.05) is 60.7 Å². The molecule has 2 aromatic carbocycles. The maximum Gasteiger partial charge on any atom is 0.391 e. The van der Waals surface area contributed by atoms with Gasteiger partial charge in [-0.25, -0.2) is 4.98 Å². The van der Waals surface area contributed by atoms with Gasteiger partial charge in [0.2, 0.25) is 5.91 Å². The van der Waals surface area contributed by atoms with Crippen molar-refractivity contribution in [3.63, 3.8) is 0 Å². The zero-order valence-electron chi connectivity index (χ0n) is 20.7. The Morgan fingerprint density at radius 1 is 0.946 bits per heavy atom. The lowest BCUT2D eigenvalue weighted by atomic mass is 9.81. The van der Waals surface area contributed by atoms with Crippen LogP contribution in [-0.4, -0.2) is 33.1 Å². The first-order valence-corrected chi connectivity index (χ1v) is 12.8. The normalized spacial score (nSPS) is 20.1. The van der Waals surface area contributed by atoms with Crippen molar-refractivity contribution >= 4 is 5.91 Å². The van der Waals surface area contributed by atoms with Gasteiger partial charge >= 0.3 is 6.18 Å². The highest BCUT2D eigenvalue weighted by molar-refractivity contribution is 5.79. The second-order valence-corrected chi connectivity index (χ2v) is 10.1. The predicted molar refractivity (Wildman–Crippen MR) is 134 cm³/mol. The van der Waals surface area contributed by atoms with Crippen LogP contribution >= 0.6 is 0 Å². The number of fused-ring (bicyclic) bond motifs is 1. The van der Waals surface area contributed by atoms with E-state index >= 15 is 0 Å². The molecule has 0 atom stereocenters. The summed E-state index contributed by atoms with van der Waals surface area (Å²) in [7, 11) is 0. The third-order valence-electron chi connectivity index (χ3n) is 7.78. The van der Waals surface area contributed by atoms with Crippen LogP contribution in [0.2, 0.25) is 0 Å². The number of aryl methyl sites for hydroxylation is 1. The molecular weight excluding hydrogens is 479 g/mol. The quantitative estimate of drug-likeness (QED) is 0.471. The van der Waals surface area contributed by atoms with Gasteiger partial charge in [-0.05, 0) is 50.2 Å². The summed E-state index contributed by atoms with van der Waals surface area (Å²) in [6.07, 6.45) is -3.34. The third kappa shape index (κ3) is 5.06. The topological polar surface area (TPSA) is 55.2 Å². The van der Waals surface area contributed by atoms with Crippen molar-refractivity contribution in [2.24, 2.45) is 11.8 Å². The van der Waals surface area contributed by atoms with Gasteiger partial charge in [0.15, 0.2) is 0 Å². The summed E-state index contributed by atoms with van der Waals surface area (Å²) in [6, 6.07) is 19.3. The van der Waals surface area contributed by atoms with Crippen molar-refractivity contribution in [2.75, 3.05) is 6.54 Å². The van der Waals surface area contributed by atoms with Crippen LogP contribution in [0.5, 0.6) is 0 Å².